The highest BCUT2D eigenvalue weighted by Crippen LogP contribution is 2.35. The molecule has 1 amide bonds. The quantitative estimate of drug-likeness (QED) is 0.449. The molecule has 3 rings (SSSR count). The predicted octanol–water partition coefficient (Wildman–Crippen LogP) is 6.35. The molecule has 0 unspecified atom stereocenters. The lowest BCUT2D eigenvalue weighted by molar-refractivity contribution is 0.206. The van der Waals surface area contributed by atoms with Crippen LogP contribution in [0, 0.1) is 0 Å². The standard InChI is InChI=1S/C24H30N2O/c1-4-7-9-17-21-20-16-12-13-18-22(20)26(24(27)25(5-2)6-3)23(21)19-14-10-8-11-15-19/h8,10-16,18H,4-7,9,17H2,1-3H3. The van der Waals surface area contributed by atoms with Gasteiger partial charge in [0.05, 0.1) is 11.2 Å². The highest BCUT2D eigenvalue weighted by Gasteiger charge is 2.24. The van der Waals surface area contributed by atoms with Crippen LogP contribution in [0.3, 0.4) is 0 Å². The number of hydrogen-bond acceptors (Lipinski definition) is 1. The second-order valence-electron chi connectivity index (χ2n) is 6.96. The zero-order valence-electron chi connectivity index (χ0n) is 16.7. The second kappa shape index (κ2) is 8.90. The van der Waals surface area contributed by atoms with E-state index in [-0.39, 0.29) is 6.03 Å². The maximum absolute atomic E-state index is 13.4. The van der Waals surface area contributed by atoms with Gasteiger partial charge >= 0.3 is 6.03 Å². The lowest BCUT2D eigenvalue weighted by Gasteiger charge is -2.21. The normalized spacial score (nSPS) is 11.1. The maximum atomic E-state index is 13.4. The zero-order valence-corrected chi connectivity index (χ0v) is 16.7. The fourth-order valence-corrected chi connectivity index (χ4v) is 3.85. The third-order valence-electron chi connectivity index (χ3n) is 5.28. The van der Waals surface area contributed by atoms with Crippen LogP contribution < -0.4 is 0 Å². The van der Waals surface area contributed by atoms with E-state index in [1.165, 1.54) is 23.8 Å². The molecule has 0 aliphatic carbocycles. The van der Waals surface area contributed by atoms with Crippen molar-refractivity contribution >= 4 is 16.9 Å². The van der Waals surface area contributed by atoms with Crippen molar-refractivity contribution in [3.8, 4) is 11.3 Å². The summed E-state index contributed by atoms with van der Waals surface area (Å²) >= 11 is 0. The molecule has 1 aromatic heterocycles. The molecule has 1 heterocycles. The zero-order chi connectivity index (χ0) is 19.2. The highest BCUT2D eigenvalue weighted by molar-refractivity contribution is 6.00. The Morgan fingerprint density at radius 3 is 2.22 bits per heavy atom. The Balaban J connectivity index is 2.27. The van der Waals surface area contributed by atoms with Gasteiger partial charge in [-0.05, 0) is 43.9 Å². The van der Waals surface area contributed by atoms with Crippen LogP contribution in [-0.4, -0.2) is 28.6 Å². The topological polar surface area (TPSA) is 25.2 Å². The molecule has 0 N–H and O–H groups in total. The van der Waals surface area contributed by atoms with Crippen LogP contribution in [0.4, 0.5) is 4.79 Å². The van der Waals surface area contributed by atoms with E-state index in [4.69, 9.17) is 0 Å². The first-order valence-electron chi connectivity index (χ1n) is 10.2. The molecule has 0 radical (unpaired) electrons. The van der Waals surface area contributed by atoms with Crippen LogP contribution in [-0.2, 0) is 6.42 Å². The number of unbranched alkanes of at least 4 members (excludes halogenated alkanes) is 2. The number of carbonyl (C=O) groups excluding carboxylic acids is 1. The summed E-state index contributed by atoms with van der Waals surface area (Å²) in [7, 11) is 0. The first-order valence-corrected chi connectivity index (χ1v) is 10.2. The maximum Gasteiger partial charge on any atom is 0.329 e. The molecular formula is C24H30N2O. The summed E-state index contributed by atoms with van der Waals surface area (Å²) in [6.07, 6.45) is 4.54. The minimum atomic E-state index is 0.0665. The molecule has 2 aromatic carbocycles. The minimum absolute atomic E-state index is 0.0665. The van der Waals surface area contributed by atoms with Crippen LogP contribution >= 0.6 is 0 Å². The van der Waals surface area contributed by atoms with Gasteiger partial charge in [0.15, 0.2) is 0 Å². The van der Waals surface area contributed by atoms with Crippen molar-refractivity contribution < 1.29 is 4.79 Å². The van der Waals surface area contributed by atoms with E-state index in [0.717, 1.165) is 29.6 Å². The number of hydrogen-bond donors (Lipinski definition) is 0. The van der Waals surface area contributed by atoms with Gasteiger partial charge in [-0.25, -0.2) is 4.79 Å². The van der Waals surface area contributed by atoms with Gasteiger partial charge in [-0.1, -0.05) is 68.3 Å². The van der Waals surface area contributed by atoms with Crippen molar-refractivity contribution in [2.45, 2.75) is 46.5 Å². The van der Waals surface area contributed by atoms with Crippen molar-refractivity contribution in [1.82, 2.24) is 9.47 Å². The van der Waals surface area contributed by atoms with E-state index >= 15 is 0 Å². The number of fused-ring (bicyclic) bond motifs is 1. The van der Waals surface area contributed by atoms with Crippen molar-refractivity contribution in [2.24, 2.45) is 0 Å². The lowest BCUT2D eigenvalue weighted by atomic mass is 10.00. The van der Waals surface area contributed by atoms with Crippen LogP contribution in [0.5, 0.6) is 0 Å². The molecule has 0 aliphatic rings. The minimum Gasteiger partial charge on any atom is -0.325 e. The van der Waals surface area contributed by atoms with E-state index in [1.807, 2.05) is 35.4 Å². The monoisotopic (exact) mass is 362 g/mol. The fourth-order valence-electron chi connectivity index (χ4n) is 3.85. The van der Waals surface area contributed by atoms with Crippen molar-refractivity contribution in [2.75, 3.05) is 13.1 Å². The molecule has 27 heavy (non-hydrogen) atoms. The summed E-state index contributed by atoms with van der Waals surface area (Å²) < 4.78 is 1.94. The van der Waals surface area contributed by atoms with Gasteiger partial charge in [-0.2, -0.15) is 0 Å². The van der Waals surface area contributed by atoms with Crippen LogP contribution in [0.1, 0.15) is 45.6 Å². The molecule has 0 saturated heterocycles. The van der Waals surface area contributed by atoms with E-state index in [1.54, 1.807) is 0 Å². The molecule has 0 bridgehead atoms. The molecular weight excluding hydrogens is 332 g/mol. The number of nitrogens with zero attached hydrogens (tertiary/aromatic N) is 2. The van der Waals surface area contributed by atoms with Crippen LogP contribution in [0.2, 0.25) is 0 Å². The summed E-state index contributed by atoms with van der Waals surface area (Å²) in [5.41, 5.74) is 4.48. The number of amides is 1. The van der Waals surface area contributed by atoms with Gasteiger partial charge in [0.1, 0.15) is 0 Å². The molecule has 3 heteroatoms. The number of rotatable bonds is 7. The molecule has 0 saturated carbocycles. The Hall–Kier alpha value is -2.55. The Morgan fingerprint density at radius 2 is 1.56 bits per heavy atom. The Bertz CT molecular complexity index is 891. The summed E-state index contributed by atoms with van der Waals surface area (Å²) in [5, 5.41) is 1.20. The Kier molecular flexibility index (Phi) is 6.33. The Morgan fingerprint density at radius 1 is 0.889 bits per heavy atom. The summed E-state index contributed by atoms with van der Waals surface area (Å²) in [6.45, 7) is 7.72. The first-order chi connectivity index (χ1) is 13.2. The average Bonchev–Trinajstić information content (AvgIpc) is 3.04. The molecule has 3 nitrogen and oxygen atoms in total. The number of aryl methyl sites for hydroxylation is 1. The van der Waals surface area contributed by atoms with Gasteiger partial charge in [0, 0.05) is 18.5 Å². The molecule has 0 fully saturated rings. The van der Waals surface area contributed by atoms with Crippen molar-refractivity contribution in [3.05, 3.63) is 60.2 Å². The smallest absolute Gasteiger partial charge is 0.325 e. The summed E-state index contributed by atoms with van der Waals surface area (Å²) in [4.78, 5) is 15.3. The fraction of sp³-hybridized carbons (Fsp3) is 0.375. The van der Waals surface area contributed by atoms with Gasteiger partial charge < -0.3 is 4.90 Å². The van der Waals surface area contributed by atoms with Gasteiger partial charge in [-0.3, -0.25) is 4.57 Å². The molecule has 0 aliphatic heterocycles. The third-order valence-corrected chi connectivity index (χ3v) is 5.28. The lowest BCUT2D eigenvalue weighted by Crippen LogP contribution is -2.34. The first kappa shape index (κ1) is 19.2. The second-order valence-corrected chi connectivity index (χ2v) is 6.96. The number of carbonyl (C=O) groups is 1. The molecule has 0 atom stereocenters. The van der Waals surface area contributed by atoms with E-state index in [9.17, 15) is 4.79 Å². The van der Waals surface area contributed by atoms with Gasteiger partial charge in [0.2, 0.25) is 0 Å². The Labute approximate surface area is 162 Å². The number of aromatic nitrogens is 1. The molecule has 0 spiro atoms. The number of benzene rings is 2. The largest absolute Gasteiger partial charge is 0.329 e. The average molecular weight is 363 g/mol. The van der Waals surface area contributed by atoms with E-state index < -0.39 is 0 Å². The summed E-state index contributed by atoms with van der Waals surface area (Å²) in [6, 6.07) is 18.8. The van der Waals surface area contributed by atoms with Gasteiger partial charge in [-0.15, -0.1) is 0 Å². The van der Waals surface area contributed by atoms with Gasteiger partial charge in [0.25, 0.3) is 0 Å². The van der Waals surface area contributed by atoms with Crippen LogP contribution in [0.15, 0.2) is 54.6 Å². The summed E-state index contributed by atoms with van der Waals surface area (Å²) in [5.74, 6) is 0. The molecule has 142 valence electrons. The van der Waals surface area contributed by atoms with Crippen LogP contribution in [0.25, 0.3) is 22.2 Å². The third kappa shape index (κ3) is 3.78. The van der Waals surface area contributed by atoms with E-state index in [0.29, 0.717) is 13.1 Å². The van der Waals surface area contributed by atoms with Crippen molar-refractivity contribution in [1.29, 1.82) is 0 Å². The van der Waals surface area contributed by atoms with Crippen molar-refractivity contribution in [3.63, 3.8) is 0 Å². The SMILES string of the molecule is CCCCCc1c(-c2ccccc2)n(C(=O)N(CC)CC)c2ccccc12. The highest BCUT2D eigenvalue weighted by atomic mass is 16.2. The number of para-hydroxylation sites is 1. The van der Waals surface area contributed by atoms with E-state index in [2.05, 4.69) is 49.4 Å². The molecule has 3 aromatic rings. The predicted molar refractivity (Wildman–Crippen MR) is 114 cm³/mol.